The van der Waals surface area contributed by atoms with Crippen LogP contribution in [0.15, 0.2) is 12.4 Å². The van der Waals surface area contributed by atoms with Crippen LogP contribution in [0.25, 0.3) is 0 Å². The zero-order valence-corrected chi connectivity index (χ0v) is 8.66. The molecule has 0 aromatic carbocycles. The van der Waals surface area contributed by atoms with Gasteiger partial charge in [0.05, 0.1) is 12.4 Å². The molecule has 2 N–H and O–H groups in total. The Bertz CT molecular complexity index is 362. The Morgan fingerprint density at radius 1 is 1.53 bits per heavy atom. The molecular formula is C10H14N4O. The lowest BCUT2D eigenvalue weighted by molar-refractivity contribution is 0.0946. The SMILES string of the molecule is CNc1cncc(C(=O)NCC2CC2)n1. The summed E-state index contributed by atoms with van der Waals surface area (Å²) in [6, 6.07) is 0. The molecule has 0 radical (unpaired) electrons. The monoisotopic (exact) mass is 206 g/mol. The highest BCUT2D eigenvalue weighted by molar-refractivity contribution is 5.92. The van der Waals surface area contributed by atoms with Gasteiger partial charge in [0.25, 0.3) is 5.91 Å². The summed E-state index contributed by atoms with van der Waals surface area (Å²) in [6.07, 6.45) is 5.51. The number of nitrogens with zero attached hydrogens (tertiary/aromatic N) is 2. The number of hydrogen-bond donors (Lipinski definition) is 2. The fraction of sp³-hybridized carbons (Fsp3) is 0.500. The van der Waals surface area contributed by atoms with E-state index in [1.54, 1.807) is 13.2 Å². The number of carbonyl (C=O) groups is 1. The number of amides is 1. The standard InChI is InChI=1S/C10H14N4O/c1-11-9-6-12-5-8(14-9)10(15)13-4-7-2-3-7/h5-7H,2-4H2,1H3,(H,11,14)(H,13,15). The molecule has 1 aliphatic carbocycles. The van der Waals surface area contributed by atoms with Crippen molar-refractivity contribution in [3.05, 3.63) is 18.1 Å². The van der Waals surface area contributed by atoms with Gasteiger partial charge in [-0.2, -0.15) is 0 Å². The van der Waals surface area contributed by atoms with Gasteiger partial charge in [-0.1, -0.05) is 0 Å². The van der Waals surface area contributed by atoms with E-state index in [2.05, 4.69) is 20.6 Å². The van der Waals surface area contributed by atoms with E-state index in [0.717, 1.165) is 6.54 Å². The van der Waals surface area contributed by atoms with Gasteiger partial charge >= 0.3 is 0 Å². The zero-order chi connectivity index (χ0) is 10.7. The Balaban J connectivity index is 1.96. The molecule has 0 spiro atoms. The molecule has 1 heterocycles. The van der Waals surface area contributed by atoms with Crippen LogP contribution in [0.1, 0.15) is 23.3 Å². The lowest BCUT2D eigenvalue weighted by Crippen LogP contribution is -2.26. The van der Waals surface area contributed by atoms with Crippen molar-refractivity contribution >= 4 is 11.7 Å². The minimum absolute atomic E-state index is 0.147. The molecule has 0 atom stereocenters. The molecule has 5 nitrogen and oxygen atoms in total. The van der Waals surface area contributed by atoms with E-state index in [-0.39, 0.29) is 5.91 Å². The molecule has 1 amide bonds. The van der Waals surface area contributed by atoms with Gasteiger partial charge in [0, 0.05) is 13.6 Å². The first-order valence-electron chi connectivity index (χ1n) is 5.07. The van der Waals surface area contributed by atoms with Crippen LogP contribution in [-0.2, 0) is 0 Å². The first-order chi connectivity index (χ1) is 7.29. The van der Waals surface area contributed by atoms with E-state index in [4.69, 9.17) is 0 Å². The Morgan fingerprint density at radius 2 is 2.33 bits per heavy atom. The minimum Gasteiger partial charge on any atom is -0.372 e. The summed E-state index contributed by atoms with van der Waals surface area (Å²) in [5.41, 5.74) is 0.363. The highest BCUT2D eigenvalue weighted by Gasteiger charge is 2.22. The molecule has 1 aliphatic rings. The first kappa shape index (κ1) is 9.89. The van der Waals surface area contributed by atoms with Crippen molar-refractivity contribution in [3.8, 4) is 0 Å². The van der Waals surface area contributed by atoms with Gasteiger partial charge in [0.1, 0.15) is 11.5 Å². The molecule has 1 saturated carbocycles. The van der Waals surface area contributed by atoms with E-state index >= 15 is 0 Å². The molecule has 1 aromatic heterocycles. The largest absolute Gasteiger partial charge is 0.372 e. The van der Waals surface area contributed by atoms with Crippen LogP contribution in [0.4, 0.5) is 5.82 Å². The molecule has 0 bridgehead atoms. The van der Waals surface area contributed by atoms with Crippen molar-refractivity contribution in [2.75, 3.05) is 18.9 Å². The summed E-state index contributed by atoms with van der Waals surface area (Å²) in [6.45, 7) is 0.754. The summed E-state index contributed by atoms with van der Waals surface area (Å²) in [4.78, 5) is 19.6. The van der Waals surface area contributed by atoms with Gasteiger partial charge in [-0.25, -0.2) is 4.98 Å². The molecular weight excluding hydrogens is 192 g/mol. The van der Waals surface area contributed by atoms with Crippen LogP contribution in [0.5, 0.6) is 0 Å². The Labute approximate surface area is 88.3 Å². The number of rotatable bonds is 4. The van der Waals surface area contributed by atoms with E-state index in [9.17, 15) is 4.79 Å². The van der Waals surface area contributed by atoms with Crippen molar-refractivity contribution in [3.63, 3.8) is 0 Å². The highest BCUT2D eigenvalue weighted by Crippen LogP contribution is 2.27. The predicted octanol–water partition coefficient (Wildman–Crippen LogP) is 0.658. The predicted molar refractivity (Wildman–Crippen MR) is 56.6 cm³/mol. The average molecular weight is 206 g/mol. The number of anilines is 1. The Kier molecular flexibility index (Phi) is 2.80. The quantitative estimate of drug-likeness (QED) is 0.759. The van der Waals surface area contributed by atoms with Crippen molar-refractivity contribution in [1.82, 2.24) is 15.3 Å². The third-order valence-electron chi connectivity index (χ3n) is 2.37. The van der Waals surface area contributed by atoms with Crippen molar-refractivity contribution in [2.45, 2.75) is 12.8 Å². The van der Waals surface area contributed by atoms with Crippen LogP contribution in [0.3, 0.4) is 0 Å². The van der Waals surface area contributed by atoms with Gasteiger partial charge in [-0.15, -0.1) is 0 Å². The maximum atomic E-state index is 11.6. The van der Waals surface area contributed by atoms with Gasteiger partial charge in [-0.05, 0) is 18.8 Å². The smallest absolute Gasteiger partial charge is 0.271 e. The van der Waals surface area contributed by atoms with Crippen LogP contribution in [0.2, 0.25) is 0 Å². The zero-order valence-electron chi connectivity index (χ0n) is 8.66. The summed E-state index contributed by atoms with van der Waals surface area (Å²) >= 11 is 0. The molecule has 2 rings (SSSR count). The Morgan fingerprint density at radius 3 is 3.00 bits per heavy atom. The van der Waals surface area contributed by atoms with E-state index in [1.165, 1.54) is 19.0 Å². The first-order valence-corrected chi connectivity index (χ1v) is 5.07. The van der Waals surface area contributed by atoms with Crippen LogP contribution in [0, 0.1) is 5.92 Å². The normalized spacial score (nSPS) is 14.7. The van der Waals surface area contributed by atoms with Gasteiger partial charge in [0.2, 0.25) is 0 Å². The molecule has 5 heteroatoms. The van der Waals surface area contributed by atoms with E-state index in [0.29, 0.717) is 17.4 Å². The molecule has 0 saturated heterocycles. The second kappa shape index (κ2) is 4.25. The number of nitrogens with one attached hydrogen (secondary N) is 2. The molecule has 0 aliphatic heterocycles. The second-order valence-corrected chi connectivity index (χ2v) is 3.69. The van der Waals surface area contributed by atoms with Crippen molar-refractivity contribution < 1.29 is 4.79 Å². The lowest BCUT2D eigenvalue weighted by atomic mass is 10.3. The van der Waals surface area contributed by atoms with Crippen LogP contribution < -0.4 is 10.6 Å². The van der Waals surface area contributed by atoms with Crippen LogP contribution >= 0.6 is 0 Å². The van der Waals surface area contributed by atoms with Gasteiger partial charge in [0.15, 0.2) is 0 Å². The fourth-order valence-electron chi connectivity index (χ4n) is 1.25. The summed E-state index contributed by atoms with van der Waals surface area (Å²) in [7, 11) is 1.75. The lowest BCUT2D eigenvalue weighted by Gasteiger charge is -2.04. The highest BCUT2D eigenvalue weighted by atomic mass is 16.1. The third kappa shape index (κ3) is 2.65. The molecule has 0 unspecified atom stereocenters. The number of hydrogen-bond acceptors (Lipinski definition) is 4. The molecule has 1 fully saturated rings. The summed E-state index contributed by atoms with van der Waals surface area (Å²) in [5.74, 6) is 1.13. The average Bonchev–Trinajstić information content (AvgIpc) is 3.10. The molecule has 1 aromatic rings. The maximum absolute atomic E-state index is 11.6. The molecule has 80 valence electrons. The van der Waals surface area contributed by atoms with Crippen LogP contribution in [-0.4, -0.2) is 29.5 Å². The van der Waals surface area contributed by atoms with E-state index in [1.807, 2.05) is 0 Å². The van der Waals surface area contributed by atoms with E-state index < -0.39 is 0 Å². The van der Waals surface area contributed by atoms with Gasteiger partial charge in [-0.3, -0.25) is 9.78 Å². The fourth-order valence-corrected chi connectivity index (χ4v) is 1.25. The summed E-state index contributed by atoms with van der Waals surface area (Å²) in [5, 5.41) is 5.69. The second-order valence-electron chi connectivity index (χ2n) is 3.69. The van der Waals surface area contributed by atoms with Crippen molar-refractivity contribution in [1.29, 1.82) is 0 Å². The number of aromatic nitrogens is 2. The minimum atomic E-state index is -0.147. The van der Waals surface area contributed by atoms with Crippen molar-refractivity contribution in [2.24, 2.45) is 5.92 Å². The maximum Gasteiger partial charge on any atom is 0.271 e. The Hall–Kier alpha value is -1.65. The van der Waals surface area contributed by atoms with Gasteiger partial charge < -0.3 is 10.6 Å². The third-order valence-corrected chi connectivity index (χ3v) is 2.37. The molecule has 15 heavy (non-hydrogen) atoms. The number of carbonyl (C=O) groups excluding carboxylic acids is 1. The topological polar surface area (TPSA) is 66.9 Å². The summed E-state index contributed by atoms with van der Waals surface area (Å²) < 4.78 is 0.